The van der Waals surface area contributed by atoms with Crippen LogP contribution >= 0.6 is 24.0 Å². The molecular formula is C12H13F3N2OS2. The number of halogens is 3. The average molecular weight is 322 g/mol. The fraction of sp³-hybridized carbons (Fsp3) is 0.333. The third kappa shape index (κ3) is 6.76. The van der Waals surface area contributed by atoms with Crippen LogP contribution in [0, 0.1) is 0 Å². The topological polar surface area (TPSA) is 55.1 Å². The summed E-state index contributed by atoms with van der Waals surface area (Å²) in [6.07, 6.45) is 0.105. The van der Waals surface area contributed by atoms with Gasteiger partial charge in [0, 0.05) is 17.9 Å². The Morgan fingerprint density at radius 2 is 1.90 bits per heavy atom. The molecule has 0 aliphatic carbocycles. The monoisotopic (exact) mass is 322 g/mol. The fourth-order valence-corrected chi connectivity index (χ4v) is 1.96. The van der Waals surface area contributed by atoms with E-state index in [9.17, 15) is 18.0 Å². The molecule has 1 rings (SSSR count). The molecule has 3 nitrogen and oxygen atoms in total. The van der Waals surface area contributed by atoms with Gasteiger partial charge in [-0.05, 0) is 17.3 Å². The van der Waals surface area contributed by atoms with Crippen LogP contribution in [-0.2, 0) is 11.2 Å². The average Bonchev–Trinajstić information content (AvgIpc) is 2.34. The molecule has 0 spiro atoms. The zero-order valence-corrected chi connectivity index (χ0v) is 12.0. The van der Waals surface area contributed by atoms with Crippen molar-refractivity contribution in [2.24, 2.45) is 5.73 Å². The Hall–Kier alpha value is -1.28. The first-order valence-corrected chi connectivity index (χ1v) is 7.03. The predicted octanol–water partition coefficient (Wildman–Crippen LogP) is 2.23. The highest BCUT2D eigenvalue weighted by Crippen LogP contribution is 2.29. The van der Waals surface area contributed by atoms with Crippen molar-refractivity contribution in [1.29, 1.82) is 0 Å². The first-order chi connectivity index (χ1) is 9.28. The van der Waals surface area contributed by atoms with Crippen LogP contribution in [0.15, 0.2) is 24.3 Å². The van der Waals surface area contributed by atoms with Crippen molar-refractivity contribution in [3.05, 3.63) is 35.4 Å². The van der Waals surface area contributed by atoms with Gasteiger partial charge in [-0.2, -0.15) is 13.2 Å². The quantitative estimate of drug-likeness (QED) is 0.623. The Balaban J connectivity index is 2.33. The number of carbonyl (C=O) groups is 1. The molecule has 110 valence electrons. The zero-order chi connectivity index (χ0) is 15.2. The SMILES string of the molecule is NC(=S)c1ccc(CC(=O)NCCSC(F)(F)F)cc1. The molecule has 0 aliphatic heterocycles. The molecule has 0 unspecified atom stereocenters. The summed E-state index contributed by atoms with van der Waals surface area (Å²) < 4.78 is 35.6. The van der Waals surface area contributed by atoms with E-state index in [-0.39, 0.29) is 41.4 Å². The lowest BCUT2D eigenvalue weighted by molar-refractivity contribution is -0.120. The second-order valence-corrected chi connectivity index (χ2v) is 5.48. The molecule has 20 heavy (non-hydrogen) atoms. The molecule has 0 aliphatic rings. The number of thiocarbonyl (C=S) groups is 1. The van der Waals surface area contributed by atoms with E-state index >= 15 is 0 Å². The van der Waals surface area contributed by atoms with Gasteiger partial charge in [0.1, 0.15) is 4.99 Å². The van der Waals surface area contributed by atoms with Crippen LogP contribution in [0.3, 0.4) is 0 Å². The summed E-state index contributed by atoms with van der Waals surface area (Å²) in [6.45, 7) is -0.0199. The fourth-order valence-electron chi connectivity index (χ4n) is 1.39. The first-order valence-electron chi connectivity index (χ1n) is 5.64. The minimum atomic E-state index is -4.26. The summed E-state index contributed by atoms with van der Waals surface area (Å²) in [6, 6.07) is 6.81. The minimum Gasteiger partial charge on any atom is -0.389 e. The van der Waals surface area contributed by atoms with Gasteiger partial charge in [-0.1, -0.05) is 36.5 Å². The number of hydrogen-bond donors (Lipinski definition) is 2. The zero-order valence-electron chi connectivity index (χ0n) is 10.4. The summed E-state index contributed by atoms with van der Waals surface area (Å²) in [5.74, 6) is -0.522. The number of alkyl halides is 3. The largest absolute Gasteiger partial charge is 0.441 e. The molecule has 0 saturated carbocycles. The van der Waals surface area contributed by atoms with Crippen molar-refractivity contribution in [3.8, 4) is 0 Å². The lowest BCUT2D eigenvalue weighted by Crippen LogP contribution is -2.28. The van der Waals surface area contributed by atoms with E-state index in [2.05, 4.69) is 5.32 Å². The van der Waals surface area contributed by atoms with Crippen LogP contribution in [0.5, 0.6) is 0 Å². The smallest absolute Gasteiger partial charge is 0.389 e. The van der Waals surface area contributed by atoms with Crippen molar-refractivity contribution >= 4 is 34.9 Å². The lowest BCUT2D eigenvalue weighted by atomic mass is 10.1. The van der Waals surface area contributed by atoms with Gasteiger partial charge in [-0.3, -0.25) is 4.79 Å². The van der Waals surface area contributed by atoms with Crippen LogP contribution in [0.1, 0.15) is 11.1 Å². The number of amides is 1. The van der Waals surface area contributed by atoms with E-state index in [1.807, 2.05) is 0 Å². The Labute approximate surface area is 124 Å². The van der Waals surface area contributed by atoms with Crippen LogP contribution in [0.4, 0.5) is 13.2 Å². The number of hydrogen-bond acceptors (Lipinski definition) is 3. The summed E-state index contributed by atoms with van der Waals surface area (Å²) in [7, 11) is 0. The van der Waals surface area contributed by atoms with Gasteiger partial charge in [-0.25, -0.2) is 0 Å². The van der Waals surface area contributed by atoms with E-state index in [1.54, 1.807) is 24.3 Å². The molecule has 0 radical (unpaired) electrons. The number of rotatable bonds is 6. The number of benzene rings is 1. The van der Waals surface area contributed by atoms with Gasteiger partial charge in [-0.15, -0.1) is 0 Å². The Kier molecular flexibility index (Phi) is 6.28. The third-order valence-electron chi connectivity index (χ3n) is 2.29. The molecule has 3 N–H and O–H groups in total. The molecule has 0 bridgehead atoms. The van der Waals surface area contributed by atoms with Crippen molar-refractivity contribution in [3.63, 3.8) is 0 Å². The first kappa shape index (κ1) is 16.8. The summed E-state index contributed by atoms with van der Waals surface area (Å²) in [4.78, 5) is 11.8. The van der Waals surface area contributed by atoms with Gasteiger partial charge >= 0.3 is 5.51 Å². The van der Waals surface area contributed by atoms with Crippen LogP contribution in [0.2, 0.25) is 0 Å². The summed E-state index contributed by atoms with van der Waals surface area (Å²) in [5, 5.41) is 2.43. The van der Waals surface area contributed by atoms with E-state index in [1.165, 1.54) is 0 Å². The molecule has 0 fully saturated rings. The summed E-state index contributed by atoms with van der Waals surface area (Å²) in [5.41, 5.74) is 2.62. The number of nitrogens with one attached hydrogen (secondary N) is 1. The molecule has 8 heteroatoms. The van der Waals surface area contributed by atoms with Gasteiger partial charge in [0.05, 0.1) is 6.42 Å². The molecule has 0 atom stereocenters. The van der Waals surface area contributed by atoms with Crippen LogP contribution < -0.4 is 11.1 Å². The minimum absolute atomic E-state index is 0.0199. The predicted molar refractivity (Wildman–Crippen MR) is 77.6 cm³/mol. The van der Waals surface area contributed by atoms with Gasteiger partial charge < -0.3 is 11.1 Å². The van der Waals surface area contributed by atoms with Crippen LogP contribution in [-0.4, -0.2) is 28.7 Å². The maximum absolute atomic E-state index is 11.9. The van der Waals surface area contributed by atoms with E-state index in [0.29, 0.717) is 5.56 Å². The normalized spacial score (nSPS) is 11.2. The van der Waals surface area contributed by atoms with Gasteiger partial charge in [0.2, 0.25) is 5.91 Å². The highest BCUT2D eigenvalue weighted by Gasteiger charge is 2.27. The maximum atomic E-state index is 11.9. The number of nitrogens with two attached hydrogens (primary N) is 1. The lowest BCUT2D eigenvalue weighted by Gasteiger charge is -2.07. The van der Waals surface area contributed by atoms with Crippen molar-refractivity contribution in [2.75, 3.05) is 12.3 Å². The van der Waals surface area contributed by atoms with Crippen LogP contribution in [0.25, 0.3) is 0 Å². The van der Waals surface area contributed by atoms with Crippen molar-refractivity contribution < 1.29 is 18.0 Å². The second-order valence-electron chi connectivity index (χ2n) is 3.88. The van der Waals surface area contributed by atoms with E-state index < -0.39 is 5.51 Å². The molecule has 1 amide bonds. The van der Waals surface area contributed by atoms with Crippen molar-refractivity contribution in [2.45, 2.75) is 11.9 Å². The highest BCUT2D eigenvalue weighted by atomic mass is 32.2. The standard InChI is InChI=1S/C12H13F3N2OS2/c13-12(14,15)20-6-5-17-10(18)7-8-1-3-9(4-2-8)11(16)19/h1-4H,5-7H2,(H2,16,19)(H,17,18). The second kappa shape index (κ2) is 7.49. The molecular weight excluding hydrogens is 309 g/mol. The highest BCUT2D eigenvalue weighted by molar-refractivity contribution is 8.00. The number of carbonyl (C=O) groups excluding carboxylic acids is 1. The molecule has 0 aromatic heterocycles. The maximum Gasteiger partial charge on any atom is 0.441 e. The Morgan fingerprint density at radius 1 is 1.30 bits per heavy atom. The van der Waals surface area contributed by atoms with Gasteiger partial charge in [0.25, 0.3) is 0 Å². The van der Waals surface area contributed by atoms with Gasteiger partial charge in [0.15, 0.2) is 0 Å². The van der Waals surface area contributed by atoms with Crippen molar-refractivity contribution in [1.82, 2.24) is 5.32 Å². The molecule has 0 saturated heterocycles. The Morgan fingerprint density at radius 3 is 2.40 bits per heavy atom. The third-order valence-corrected chi connectivity index (χ3v) is 3.26. The van der Waals surface area contributed by atoms with E-state index in [4.69, 9.17) is 18.0 Å². The molecule has 0 heterocycles. The summed E-state index contributed by atoms with van der Waals surface area (Å²) >= 11 is 4.64. The molecule has 1 aromatic carbocycles. The Bertz CT molecular complexity index is 475. The molecule has 1 aromatic rings. The van der Waals surface area contributed by atoms with E-state index in [0.717, 1.165) is 5.56 Å². The number of thioether (sulfide) groups is 1.